The number of ether oxygens (including phenoxy) is 4. The van der Waals surface area contributed by atoms with Gasteiger partial charge in [0.25, 0.3) is 0 Å². The summed E-state index contributed by atoms with van der Waals surface area (Å²) in [5.41, 5.74) is 0. The molecule has 14 heteroatoms. The van der Waals surface area contributed by atoms with Crippen molar-refractivity contribution in [3.05, 3.63) is 0 Å². The SMILES string of the molecule is O=C(O)O[C@@H]1[C@@H](O)[C@@H](O[C@H]2[C@H](O)[C@@H](O)[C@H](O)O[C@@H]2CO)O[C@H](CO)[C@H]1O.[Fe]. The second-order valence-electron chi connectivity index (χ2n) is 5.88. The van der Waals surface area contributed by atoms with Crippen molar-refractivity contribution in [2.75, 3.05) is 13.2 Å². The fraction of sp³-hybridized carbons (Fsp3) is 0.923. The van der Waals surface area contributed by atoms with Gasteiger partial charge >= 0.3 is 6.16 Å². The van der Waals surface area contributed by atoms with Crippen molar-refractivity contribution in [1.82, 2.24) is 0 Å². The summed E-state index contributed by atoms with van der Waals surface area (Å²) < 4.78 is 19.7. The first-order valence-corrected chi connectivity index (χ1v) is 7.69. The van der Waals surface area contributed by atoms with E-state index in [-0.39, 0.29) is 17.1 Å². The Morgan fingerprint density at radius 3 is 1.93 bits per heavy atom. The molecule has 0 amide bonds. The van der Waals surface area contributed by atoms with Crippen LogP contribution in [0.5, 0.6) is 0 Å². The topological polar surface area (TPSA) is 216 Å². The molecule has 0 spiro atoms. The van der Waals surface area contributed by atoms with Gasteiger partial charge < -0.3 is 59.8 Å². The van der Waals surface area contributed by atoms with Crippen LogP contribution in [0, 0.1) is 0 Å². The Kier molecular flexibility index (Phi) is 9.27. The summed E-state index contributed by atoms with van der Waals surface area (Å²) in [5.74, 6) is 0. The van der Waals surface area contributed by atoms with Crippen LogP contribution in [0.25, 0.3) is 0 Å². The molecule has 2 rings (SSSR count). The van der Waals surface area contributed by atoms with E-state index < -0.39 is 80.8 Å². The summed E-state index contributed by atoms with van der Waals surface area (Å²) in [4.78, 5) is 10.7. The van der Waals surface area contributed by atoms with E-state index in [1.54, 1.807) is 0 Å². The average molecular weight is 442 g/mol. The Morgan fingerprint density at radius 2 is 1.41 bits per heavy atom. The molecule has 13 nitrogen and oxygen atoms in total. The third kappa shape index (κ3) is 5.26. The normalized spacial score (nSPS) is 45.0. The number of carbonyl (C=O) groups is 1. The molecular formula is C13H22FeO13. The molecule has 0 radical (unpaired) electrons. The summed E-state index contributed by atoms with van der Waals surface area (Å²) in [6, 6.07) is 0. The quantitative estimate of drug-likeness (QED) is 0.149. The van der Waals surface area contributed by atoms with E-state index in [1.807, 2.05) is 0 Å². The van der Waals surface area contributed by atoms with Gasteiger partial charge in [-0.3, -0.25) is 0 Å². The van der Waals surface area contributed by atoms with E-state index in [9.17, 15) is 40.5 Å². The molecular weight excluding hydrogens is 420 g/mol. The predicted octanol–water partition coefficient (Wildman–Crippen LogP) is -4.70. The molecule has 0 saturated carbocycles. The summed E-state index contributed by atoms with van der Waals surface area (Å²) in [6.07, 6.45) is -18.4. The number of aliphatic hydroxyl groups excluding tert-OH is 7. The van der Waals surface area contributed by atoms with Gasteiger partial charge in [-0.15, -0.1) is 0 Å². The van der Waals surface area contributed by atoms with Crippen LogP contribution in [0.1, 0.15) is 0 Å². The number of hydrogen-bond donors (Lipinski definition) is 8. The average Bonchev–Trinajstić information content (AvgIpc) is 2.60. The molecule has 2 fully saturated rings. The van der Waals surface area contributed by atoms with E-state index in [2.05, 4.69) is 4.74 Å². The van der Waals surface area contributed by atoms with Crippen LogP contribution in [0.15, 0.2) is 0 Å². The Balaban J connectivity index is 0.00000364. The van der Waals surface area contributed by atoms with E-state index in [4.69, 9.17) is 19.3 Å². The fourth-order valence-corrected chi connectivity index (χ4v) is 2.81. The standard InChI is InChI=1S/C13H22O13.Fe/c14-1-3-5(16)10(26-13(21)22)8(19)12(24-3)25-9-4(2-15)23-11(20)7(18)6(9)17;/h3-12,14-20H,1-2H2,(H,21,22);/t3-,4-,5-,6-,7-,8-,9-,10+,11-,12-;/m1./s1. The van der Waals surface area contributed by atoms with Crippen LogP contribution in [0.4, 0.5) is 4.79 Å². The molecule has 0 bridgehead atoms. The van der Waals surface area contributed by atoms with Gasteiger partial charge in [0.1, 0.15) is 42.7 Å². The third-order valence-corrected chi connectivity index (χ3v) is 4.19. The molecule has 27 heavy (non-hydrogen) atoms. The molecule has 0 aromatic heterocycles. The van der Waals surface area contributed by atoms with Crippen molar-refractivity contribution < 1.29 is 81.7 Å². The van der Waals surface area contributed by atoms with Crippen LogP contribution < -0.4 is 0 Å². The zero-order valence-electron chi connectivity index (χ0n) is 13.7. The molecule has 0 aromatic rings. The zero-order valence-corrected chi connectivity index (χ0v) is 14.8. The Hall–Kier alpha value is -0.611. The second kappa shape index (κ2) is 10.2. The van der Waals surface area contributed by atoms with Gasteiger partial charge in [-0.25, -0.2) is 4.79 Å². The Morgan fingerprint density at radius 1 is 0.815 bits per heavy atom. The van der Waals surface area contributed by atoms with Crippen molar-refractivity contribution >= 4 is 6.16 Å². The molecule has 10 atom stereocenters. The van der Waals surface area contributed by atoms with Crippen LogP contribution in [0.3, 0.4) is 0 Å². The molecule has 2 heterocycles. The number of aliphatic hydroxyl groups is 7. The van der Waals surface area contributed by atoms with E-state index in [0.717, 1.165) is 0 Å². The molecule has 0 aliphatic carbocycles. The van der Waals surface area contributed by atoms with Gasteiger partial charge in [0.2, 0.25) is 0 Å². The van der Waals surface area contributed by atoms with Crippen molar-refractivity contribution in [2.24, 2.45) is 0 Å². The van der Waals surface area contributed by atoms with E-state index in [1.165, 1.54) is 0 Å². The number of rotatable bonds is 5. The van der Waals surface area contributed by atoms with Gasteiger partial charge in [0, 0.05) is 17.1 Å². The smallest absolute Gasteiger partial charge is 0.450 e. The van der Waals surface area contributed by atoms with Crippen LogP contribution in [-0.2, 0) is 36.0 Å². The van der Waals surface area contributed by atoms with E-state index >= 15 is 0 Å². The van der Waals surface area contributed by atoms with Gasteiger partial charge in [0.15, 0.2) is 18.7 Å². The van der Waals surface area contributed by atoms with Crippen molar-refractivity contribution in [1.29, 1.82) is 0 Å². The Labute approximate surface area is 163 Å². The van der Waals surface area contributed by atoms with Gasteiger partial charge in [-0.05, 0) is 0 Å². The maximum atomic E-state index is 10.7. The zero-order chi connectivity index (χ0) is 19.6. The molecule has 2 aliphatic heterocycles. The first-order chi connectivity index (χ1) is 12.2. The fourth-order valence-electron chi connectivity index (χ4n) is 2.81. The maximum Gasteiger partial charge on any atom is 0.506 e. The van der Waals surface area contributed by atoms with Gasteiger partial charge in [-0.1, -0.05) is 0 Å². The van der Waals surface area contributed by atoms with Gasteiger partial charge in [-0.2, -0.15) is 0 Å². The monoisotopic (exact) mass is 442 g/mol. The summed E-state index contributed by atoms with van der Waals surface area (Å²) >= 11 is 0. The summed E-state index contributed by atoms with van der Waals surface area (Å²) in [6.45, 7) is -1.52. The van der Waals surface area contributed by atoms with Crippen LogP contribution >= 0.6 is 0 Å². The predicted molar refractivity (Wildman–Crippen MR) is 75.5 cm³/mol. The minimum atomic E-state index is -1.88. The second-order valence-corrected chi connectivity index (χ2v) is 5.88. The van der Waals surface area contributed by atoms with Crippen molar-refractivity contribution in [3.8, 4) is 0 Å². The maximum absolute atomic E-state index is 10.7. The first kappa shape index (κ1) is 24.4. The third-order valence-electron chi connectivity index (χ3n) is 4.19. The Bertz CT molecular complexity index is 479. The number of carboxylic acid groups (broad SMARTS) is 1. The molecule has 160 valence electrons. The van der Waals surface area contributed by atoms with Crippen LogP contribution in [0.2, 0.25) is 0 Å². The first-order valence-electron chi connectivity index (χ1n) is 7.69. The van der Waals surface area contributed by atoms with Gasteiger partial charge in [0.05, 0.1) is 13.2 Å². The molecule has 2 aliphatic rings. The minimum absolute atomic E-state index is 0. The minimum Gasteiger partial charge on any atom is -0.450 e. The summed E-state index contributed by atoms with van der Waals surface area (Å²) in [7, 11) is 0. The summed E-state index contributed by atoms with van der Waals surface area (Å²) in [5, 5.41) is 76.5. The largest absolute Gasteiger partial charge is 0.506 e. The van der Waals surface area contributed by atoms with Crippen molar-refractivity contribution in [2.45, 2.75) is 61.4 Å². The number of hydrogen-bond acceptors (Lipinski definition) is 12. The van der Waals surface area contributed by atoms with E-state index in [0.29, 0.717) is 0 Å². The van der Waals surface area contributed by atoms with Crippen molar-refractivity contribution in [3.63, 3.8) is 0 Å². The molecule has 0 unspecified atom stereocenters. The molecule has 2 saturated heterocycles. The molecule has 8 N–H and O–H groups in total. The van der Waals surface area contributed by atoms with Crippen LogP contribution in [-0.4, -0.2) is 122 Å². The molecule has 0 aromatic carbocycles.